The minimum Gasteiger partial charge on any atom is -0.393 e. The summed E-state index contributed by atoms with van der Waals surface area (Å²) < 4.78 is 6.57. The van der Waals surface area contributed by atoms with Crippen molar-refractivity contribution in [2.45, 2.75) is 57.0 Å². The van der Waals surface area contributed by atoms with Gasteiger partial charge in [0.25, 0.3) is 0 Å². The van der Waals surface area contributed by atoms with Gasteiger partial charge in [0.05, 0.1) is 29.8 Å². The molecule has 0 bridgehead atoms. The lowest BCUT2D eigenvalue weighted by molar-refractivity contribution is -0.184. The monoisotopic (exact) mass is 341 g/mol. The first-order chi connectivity index (χ1) is 12.1. The number of aliphatic hydroxyl groups excluding tert-OH is 1. The third kappa shape index (κ3) is 3.64. The Hall–Kier alpha value is -1.69. The Morgan fingerprint density at radius 3 is 2.72 bits per heavy atom. The summed E-state index contributed by atoms with van der Waals surface area (Å²) in [5.41, 5.74) is 3.27. The molecule has 2 N–H and O–H groups in total. The van der Waals surface area contributed by atoms with Crippen LogP contribution in [0.25, 0.3) is 0 Å². The number of aryl methyl sites for hydroxylation is 1. The Balaban J connectivity index is 1.41. The highest BCUT2D eigenvalue weighted by Crippen LogP contribution is 2.43. The second-order valence-corrected chi connectivity index (χ2v) is 7.54. The highest BCUT2D eigenvalue weighted by Gasteiger charge is 2.43. The first kappa shape index (κ1) is 16.8. The quantitative estimate of drug-likeness (QED) is 0.901. The maximum absolute atomic E-state index is 10.5. The summed E-state index contributed by atoms with van der Waals surface area (Å²) in [5.74, 6) is 0. The van der Waals surface area contributed by atoms with Crippen molar-refractivity contribution in [2.75, 3.05) is 13.1 Å². The summed E-state index contributed by atoms with van der Waals surface area (Å²) in [5, 5.41) is 10.5. The Kier molecular flexibility index (Phi) is 4.63. The number of H-pyrrole nitrogens is 1. The van der Waals surface area contributed by atoms with Crippen molar-refractivity contribution >= 4 is 0 Å². The molecule has 0 aliphatic carbocycles. The SMILES string of the molecule is Cc1[nH]cnc1CN1CCC2(CC1)C[C@H](O)C[C@H](c1ccccc1)O2. The van der Waals surface area contributed by atoms with Gasteiger partial charge in [-0.1, -0.05) is 30.3 Å². The fourth-order valence-electron chi connectivity index (χ4n) is 4.23. The molecule has 4 rings (SSSR count). The predicted octanol–water partition coefficient (Wildman–Crippen LogP) is 2.97. The molecule has 1 spiro atoms. The van der Waals surface area contributed by atoms with E-state index in [1.807, 2.05) is 18.2 Å². The molecule has 5 heteroatoms. The van der Waals surface area contributed by atoms with E-state index in [1.54, 1.807) is 6.33 Å². The van der Waals surface area contributed by atoms with E-state index in [0.717, 1.165) is 50.3 Å². The molecule has 5 nitrogen and oxygen atoms in total. The van der Waals surface area contributed by atoms with Gasteiger partial charge >= 0.3 is 0 Å². The summed E-state index contributed by atoms with van der Waals surface area (Å²) in [6.07, 6.45) is 4.88. The van der Waals surface area contributed by atoms with E-state index < -0.39 is 0 Å². The normalized spacial score (nSPS) is 26.8. The van der Waals surface area contributed by atoms with Crippen LogP contribution in [0.2, 0.25) is 0 Å². The van der Waals surface area contributed by atoms with Gasteiger partial charge in [0.15, 0.2) is 0 Å². The molecule has 0 unspecified atom stereocenters. The molecule has 2 aliphatic rings. The van der Waals surface area contributed by atoms with Gasteiger partial charge < -0.3 is 14.8 Å². The average Bonchev–Trinajstić information content (AvgIpc) is 3.02. The number of aromatic amines is 1. The van der Waals surface area contributed by atoms with E-state index in [4.69, 9.17) is 4.74 Å². The van der Waals surface area contributed by atoms with E-state index >= 15 is 0 Å². The number of aliphatic hydroxyl groups is 1. The van der Waals surface area contributed by atoms with E-state index in [9.17, 15) is 5.11 Å². The Morgan fingerprint density at radius 2 is 2.04 bits per heavy atom. The summed E-state index contributed by atoms with van der Waals surface area (Å²) in [6, 6.07) is 10.3. The number of aromatic nitrogens is 2. The summed E-state index contributed by atoms with van der Waals surface area (Å²) in [6.45, 7) is 4.93. The van der Waals surface area contributed by atoms with Crippen molar-refractivity contribution in [1.29, 1.82) is 0 Å². The summed E-state index contributed by atoms with van der Waals surface area (Å²) in [4.78, 5) is 10.00. The van der Waals surface area contributed by atoms with Gasteiger partial charge in [-0.2, -0.15) is 0 Å². The van der Waals surface area contributed by atoms with Crippen molar-refractivity contribution in [3.8, 4) is 0 Å². The van der Waals surface area contributed by atoms with Gasteiger partial charge in [-0.05, 0) is 25.3 Å². The van der Waals surface area contributed by atoms with Gasteiger partial charge in [0, 0.05) is 38.2 Å². The van der Waals surface area contributed by atoms with Crippen LogP contribution in [0.3, 0.4) is 0 Å². The highest BCUT2D eigenvalue weighted by atomic mass is 16.5. The van der Waals surface area contributed by atoms with Crippen LogP contribution in [0.5, 0.6) is 0 Å². The van der Waals surface area contributed by atoms with Gasteiger partial charge in [-0.25, -0.2) is 4.98 Å². The molecule has 0 saturated carbocycles. The molecule has 2 fully saturated rings. The minimum absolute atomic E-state index is 0.00471. The number of hydrogen-bond donors (Lipinski definition) is 2. The molecule has 3 heterocycles. The maximum atomic E-state index is 10.5. The van der Waals surface area contributed by atoms with Crippen LogP contribution >= 0.6 is 0 Å². The molecule has 134 valence electrons. The number of nitrogens with zero attached hydrogens (tertiary/aromatic N) is 2. The van der Waals surface area contributed by atoms with Crippen LogP contribution in [0.4, 0.5) is 0 Å². The number of imidazole rings is 1. The zero-order valence-electron chi connectivity index (χ0n) is 14.8. The number of benzene rings is 1. The number of nitrogens with one attached hydrogen (secondary N) is 1. The number of likely N-dealkylation sites (tertiary alicyclic amines) is 1. The van der Waals surface area contributed by atoms with Crippen LogP contribution in [-0.2, 0) is 11.3 Å². The molecule has 2 aromatic rings. The molecule has 2 saturated heterocycles. The standard InChI is InChI=1S/C20H27N3O2/c1-15-18(22-14-21-15)13-23-9-7-20(8-10-23)12-17(24)11-19(25-20)16-5-3-2-4-6-16/h2-6,14,17,19,24H,7-13H2,1H3,(H,21,22)/t17-,19-/m1/s1. The second-order valence-electron chi connectivity index (χ2n) is 7.54. The van der Waals surface area contributed by atoms with Gasteiger partial charge in [-0.3, -0.25) is 4.90 Å². The third-order valence-corrected chi connectivity index (χ3v) is 5.73. The molecular weight excluding hydrogens is 314 g/mol. The van der Waals surface area contributed by atoms with E-state index in [1.165, 1.54) is 5.56 Å². The molecule has 25 heavy (non-hydrogen) atoms. The molecule has 2 atom stereocenters. The van der Waals surface area contributed by atoms with Crippen LogP contribution in [0, 0.1) is 6.92 Å². The molecule has 0 amide bonds. The Labute approximate surface area is 149 Å². The van der Waals surface area contributed by atoms with E-state index in [0.29, 0.717) is 6.42 Å². The number of hydrogen-bond acceptors (Lipinski definition) is 4. The van der Waals surface area contributed by atoms with Crippen molar-refractivity contribution in [1.82, 2.24) is 14.9 Å². The molecule has 1 aromatic carbocycles. The van der Waals surface area contributed by atoms with Crippen molar-refractivity contribution < 1.29 is 9.84 Å². The first-order valence-corrected chi connectivity index (χ1v) is 9.26. The van der Waals surface area contributed by atoms with Crippen LogP contribution < -0.4 is 0 Å². The van der Waals surface area contributed by atoms with Gasteiger partial charge in [0.1, 0.15) is 0 Å². The van der Waals surface area contributed by atoms with Crippen molar-refractivity contribution in [2.24, 2.45) is 0 Å². The van der Waals surface area contributed by atoms with Crippen LogP contribution in [0.1, 0.15) is 48.7 Å². The molecule has 2 aliphatic heterocycles. The van der Waals surface area contributed by atoms with Crippen LogP contribution in [0.15, 0.2) is 36.7 Å². The van der Waals surface area contributed by atoms with Gasteiger partial charge in [0.2, 0.25) is 0 Å². The van der Waals surface area contributed by atoms with E-state index in [2.05, 4.69) is 33.9 Å². The fraction of sp³-hybridized carbons (Fsp3) is 0.550. The molecule has 0 radical (unpaired) electrons. The smallest absolute Gasteiger partial charge is 0.0925 e. The van der Waals surface area contributed by atoms with Crippen molar-refractivity contribution in [3.63, 3.8) is 0 Å². The van der Waals surface area contributed by atoms with E-state index in [-0.39, 0.29) is 17.8 Å². The predicted molar refractivity (Wildman–Crippen MR) is 96.1 cm³/mol. The number of ether oxygens (including phenoxy) is 1. The lowest BCUT2D eigenvalue weighted by Crippen LogP contribution is -2.50. The fourth-order valence-corrected chi connectivity index (χ4v) is 4.23. The summed E-state index contributed by atoms with van der Waals surface area (Å²) >= 11 is 0. The Bertz CT molecular complexity index is 692. The third-order valence-electron chi connectivity index (χ3n) is 5.73. The Morgan fingerprint density at radius 1 is 1.28 bits per heavy atom. The first-order valence-electron chi connectivity index (χ1n) is 9.26. The lowest BCUT2D eigenvalue weighted by Gasteiger charge is -2.48. The number of piperidine rings is 1. The summed E-state index contributed by atoms with van der Waals surface area (Å²) in [7, 11) is 0. The largest absolute Gasteiger partial charge is 0.393 e. The topological polar surface area (TPSA) is 61.4 Å². The molecule has 1 aromatic heterocycles. The van der Waals surface area contributed by atoms with Gasteiger partial charge in [-0.15, -0.1) is 0 Å². The van der Waals surface area contributed by atoms with Crippen LogP contribution in [-0.4, -0.2) is 44.8 Å². The average molecular weight is 341 g/mol. The maximum Gasteiger partial charge on any atom is 0.0925 e. The number of rotatable bonds is 3. The molecular formula is C20H27N3O2. The second kappa shape index (κ2) is 6.90. The highest BCUT2D eigenvalue weighted by molar-refractivity contribution is 5.19. The zero-order valence-corrected chi connectivity index (χ0v) is 14.8. The zero-order chi connectivity index (χ0) is 17.3. The van der Waals surface area contributed by atoms with Crippen molar-refractivity contribution in [3.05, 3.63) is 53.6 Å². The minimum atomic E-state index is -0.279. The lowest BCUT2D eigenvalue weighted by atomic mass is 9.81.